The first-order valence-corrected chi connectivity index (χ1v) is 7.20. The van der Waals surface area contributed by atoms with Crippen LogP contribution < -0.4 is 16.0 Å². The van der Waals surface area contributed by atoms with E-state index in [1.54, 1.807) is 0 Å². The van der Waals surface area contributed by atoms with Crippen molar-refractivity contribution in [1.82, 2.24) is 10.6 Å². The van der Waals surface area contributed by atoms with Gasteiger partial charge in [-0.3, -0.25) is 20.2 Å². The summed E-state index contributed by atoms with van der Waals surface area (Å²) in [6, 6.07) is 2.86. The van der Waals surface area contributed by atoms with Gasteiger partial charge in [-0.15, -0.1) is 0 Å². The Kier molecular flexibility index (Phi) is 7.14. The Bertz CT molecular complexity index is 580. The van der Waals surface area contributed by atoms with E-state index in [2.05, 4.69) is 10.6 Å². The van der Waals surface area contributed by atoms with Crippen molar-refractivity contribution in [3.63, 3.8) is 0 Å². The van der Waals surface area contributed by atoms with Crippen LogP contribution in [0, 0.1) is 5.82 Å². The first kappa shape index (κ1) is 18.6. The number of aliphatic carboxylic acids is 1. The average Bonchev–Trinajstić information content (AvgIpc) is 2.48. The molecule has 1 aromatic rings. The van der Waals surface area contributed by atoms with Crippen molar-refractivity contribution in [2.45, 2.75) is 38.8 Å². The molecule has 0 radical (unpaired) electrons. The number of amides is 3. The molecular formula is C15H20FN3O4. The number of carbonyl (C=O) groups is 3. The molecule has 1 rings (SSSR count). The molecule has 23 heavy (non-hydrogen) atoms. The van der Waals surface area contributed by atoms with E-state index in [0.29, 0.717) is 12.8 Å². The van der Waals surface area contributed by atoms with Gasteiger partial charge in [-0.05, 0) is 25.5 Å². The number of carboxylic acid groups (broad SMARTS) is 1. The van der Waals surface area contributed by atoms with Crippen LogP contribution in [0.1, 0.15) is 26.7 Å². The summed E-state index contributed by atoms with van der Waals surface area (Å²) in [5, 5.41) is 15.9. The molecule has 0 saturated heterocycles. The highest BCUT2D eigenvalue weighted by Gasteiger charge is 2.23. The predicted octanol–water partition coefficient (Wildman–Crippen LogP) is 1.71. The van der Waals surface area contributed by atoms with Crippen molar-refractivity contribution in [3.8, 4) is 0 Å². The Labute approximate surface area is 133 Å². The fraction of sp³-hybridized carbons (Fsp3) is 0.400. The van der Waals surface area contributed by atoms with Crippen LogP contribution in [-0.4, -0.2) is 35.1 Å². The predicted molar refractivity (Wildman–Crippen MR) is 82.5 cm³/mol. The van der Waals surface area contributed by atoms with Crippen LogP contribution in [0.15, 0.2) is 24.3 Å². The number of imide groups is 1. The van der Waals surface area contributed by atoms with E-state index in [-0.39, 0.29) is 5.69 Å². The molecular weight excluding hydrogens is 305 g/mol. The minimum atomic E-state index is -1.07. The zero-order chi connectivity index (χ0) is 17.4. The molecule has 0 heterocycles. The first-order chi connectivity index (χ1) is 10.8. The van der Waals surface area contributed by atoms with Gasteiger partial charge in [0.05, 0.1) is 11.7 Å². The fourth-order valence-corrected chi connectivity index (χ4v) is 1.88. The monoisotopic (exact) mass is 325 g/mol. The molecule has 7 nitrogen and oxygen atoms in total. The lowest BCUT2D eigenvalue weighted by atomic mass is 10.1. The molecule has 0 saturated carbocycles. The van der Waals surface area contributed by atoms with Gasteiger partial charge in [-0.2, -0.15) is 0 Å². The van der Waals surface area contributed by atoms with Gasteiger partial charge in [0.2, 0.25) is 5.91 Å². The minimum absolute atomic E-state index is 0.0622. The Morgan fingerprint density at radius 2 is 1.91 bits per heavy atom. The molecule has 126 valence electrons. The molecule has 2 atom stereocenters. The Balaban J connectivity index is 2.55. The van der Waals surface area contributed by atoms with Gasteiger partial charge >= 0.3 is 12.0 Å². The molecule has 0 bridgehead atoms. The largest absolute Gasteiger partial charge is 0.480 e. The van der Waals surface area contributed by atoms with Crippen molar-refractivity contribution in [2.75, 3.05) is 5.32 Å². The molecule has 0 aliphatic carbocycles. The van der Waals surface area contributed by atoms with Crippen molar-refractivity contribution < 1.29 is 23.9 Å². The van der Waals surface area contributed by atoms with Crippen LogP contribution in [0.25, 0.3) is 0 Å². The Morgan fingerprint density at radius 3 is 2.48 bits per heavy atom. The van der Waals surface area contributed by atoms with Crippen LogP contribution in [-0.2, 0) is 9.59 Å². The standard InChI is InChI=1S/C15H20FN3O4/c1-3-6-12(14(21)22)17-9(2)13(20)19-15(23)18-11-8-5-4-7-10(11)16/h4-5,7-9,12,17H,3,6H2,1-2H3,(H,21,22)(H2,18,19,20,23). The molecule has 0 aliphatic heterocycles. The van der Waals surface area contributed by atoms with E-state index in [1.165, 1.54) is 31.2 Å². The van der Waals surface area contributed by atoms with Gasteiger partial charge < -0.3 is 10.4 Å². The molecule has 0 aliphatic rings. The zero-order valence-electron chi connectivity index (χ0n) is 12.9. The van der Waals surface area contributed by atoms with Gasteiger partial charge in [0.15, 0.2) is 0 Å². The first-order valence-electron chi connectivity index (χ1n) is 7.20. The summed E-state index contributed by atoms with van der Waals surface area (Å²) in [5.41, 5.74) is -0.0622. The number of carboxylic acids is 1. The quantitative estimate of drug-likeness (QED) is 0.610. The maximum Gasteiger partial charge on any atom is 0.326 e. The van der Waals surface area contributed by atoms with Crippen LogP contribution in [0.3, 0.4) is 0 Å². The summed E-state index contributed by atoms with van der Waals surface area (Å²) in [7, 11) is 0. The van der Waals surface area contributed by atoms with Gasteiger partial charge in [-0.1, -0.05) is 25.5 Å². The summed E-state index contributed by atoms with van der Waals surface area (Å²) >= 11 is 0. The number of anilines is 1. The van der Waals surface area contributed by atoms with Crippen molar-refractivity contribution in [3.05, 3.63) is 30.1 Å². The van der Waals surface area contributed by atoms with E-state index in [1.807, 2.05) is 12.2 Å². The van der Waals surface area contributed by atoms with Crippen LogP contribution in [0.5, 0.6) is 0 Å². The highest BCUT2D eigenvalue weighted by Crippen LogP contribution is 2.11. The topological polar surface area (TPSA) is 108 Å². The van der Waals surface area contributed by atoms with E-state index in [4.69, 9.17) is 5.11 Å². The van der Waals surface area contributed by atoms with Gasteiger partial charge in [0.25, 0.3) is 0 Å². The molecule has 0 fully saturated rings. The summed E-state index contributed by atoms with van der Waals surface area (Å²) in [4.78, 5) is 34.6. The smallest absolute Gasteiger partial charge is 0.326 e. The highest BCUT2D eigenvalue weighted by atomic mass is 19.1. The third kappa shape index (κ3) is 6.03. The number of hydrogen-bond acceptors (Lipinski definition) is 4. The number of urea groups is 1. The fourth-order valence-electron chi connectivity index (χ4n) is 1.88. The van der Waals surface area contributed by atoms with Gasteiger partial charge in [-0.25, -0.2) is 9.18 Å². The third-order valence-corrected chi connectivity index (χ3v) is 3.08. The summed E-state index contributed by atoms with van der Waals surface area (Å²) in [6.07, 6.45) is 0.987. The van der Waals surface area contributed by atoms with E-state index in [0.717, 1.165) is 0 Å². The second-order valence-corrected chi connectivity index (χ2v) is 4.99. The van der Waals surface area contributed by atoms with Crippen LogP contribution in [0.4, 0.5) is 14.9 Å². The molecule has 4 N–H and O–H groups in total. The normalized spacial score (nSPS) is 13.0. The summed E-state index contributed by atoms with van der Waals surface area (Å²) in [6.45, 7) is 3.27. The number of carbonyl (C=O) groups excluding carboxylic acids is 2. The minimum Gasteiger partial charge on any atom is -0.480 e. The van der Waals surface area contributed by atoms with Gasteiger partial charge in [0.1, 0.15) is 11.9 Å². The second-order valence-electron chi connectivity index (χ2n) is 4.99. The van der Waals surface area contributed by atoms with Crippen LogP contribution >= 0.6 is 0 Å². The van der Waals surface area contributed by atoms with Crippen molar-refractivity contribution >= 4 is 23.6 Å². The summed E-state index contributed by atoms with van der Waals surface area (Å²) < 4.78 is 13.4. The van der Waals surface area contributed by atoms with E-state index >= 15 is 0 Å². The van der Waals surface area contributed by atoms with Crippen molar-refractivity contribution in [1.29, 1.82) is 0 Å². The Morgan fingerprint density at radius 1 is 1.26 bits per heavy atom. The lowest BCUT2D eigenvalue weighted by Gasteiger charge is -2.19. The molecule has 0 spiro atoms. The maximum atomic E-state index is 13.4. The lowest BCUT2D eigenvalue weighted by Crippen LogP contribution is -2.51. The lowest BCUT2D eigenvalue weighted by molar-refractivity contribution is -0.140. The third-order valence-electron chi connectivity index (χ3n) is 3.08. The average molecular weight is 325 g/mol. The number of para-hydroxylation sites is 1. The van der Waals surface area contributed by atoms with Gasteiger partial charge in [0, 0.05) is 0 Å². The number of halogens is 1. The SMILES string of the molecule is CCCC(NC(C)C(=O)NC(=O)Nc1ccccc1F)C(=O)O. The molecule has 1 aromatic carbocycles. The molecule has 2 unspecified atom stereocenters. The zero-order valence-corrected chi connectivity index (χ0v) is 12.9. The van der Waals surface area contributed by atoms with Crippen molar-refractivity contribution in [2.24, 2.45) is 0 Å². The molecule has 0 aromatic heterocycles. The number of nitrogens with one attached hydrogen (secondary N) is 3. The number of rotatable bonds is 7. The van der Waals surface area contributed by atoms with E-state index < -0.39 is 35.8 Å². The van der Waals surface area contributed by atoms with Crippen LogP contribution in [0.2, 0.25) is 0 Å². The van der Waals surface area contributed by atoms with E-state index in [9.17, 15) is 18.8 Å². The number of hydrogen-bond donors (Lipinski definition) is 4. The molecule has 8 heteroatoms. The summed E-state index contributed by atoms with van der Waals surface area (Å²) in [5.74, 6) is -2.40. The second kappa shape index (κ2) is 8.84. The Hall–Kier alpha value is -2.48. The maximum absolute atomic E-state index is 13.4. The molecule has 3 amide bonds. The number of benzene rings is 1. The highest BCUT2D eigenvalue weighted by molar-refractivity contribution is 6.02.